The van der Waals surface area contributed by atoms with Gasteiger partial charge in [0.05, 0.1) is 5.56 Å². The van der Waals surface area contributed by atoms with E-state index in [2.05, 4.69) is 15.1 Å². The van der Waals surface area contributed by atoms with Gasteiger partial charge in [-0.05, 0) is 48.8 Å². The van der Waals surface area contributed by atoms with Crippen LogP contribution >= 0.6 is 23.1 Å². The first-order chi connectivity index (χ1) is 12.9. The number of benzene rings is 2. The van der Waals surface area contributed by atoms with Crippen molar-refractivity contribution in [1.29, 1.82) is 0 Å². The zero-order chi connectivity index (χ0) is 20.0. The SMILES string of the molecule is Cc1c(F)ccc(OCc2nc(-c3ccc(Cl)cc3O)ns2)c1F.NC=O. The van der Waals surface area contributed by atoms with E-state index in [4.69, 9.17) is 21.1 Å². The van der Waals surface area contributed by atoms with Crippen molar-refractivity contribution in [3.8, 4) is 22.9 Å². The van der Waals surface area contributed by atoms with E-state index in [1.54, 1.807) is 12.1 Å². The molecule has 10 heteroatoms. The van der Waals surface area contributed by atoms with Crippen molar-refractivity contribution in [1.82, 2.24) is 9.36 Å². The number of phenols is 1. The van der Waals surface area contributed by atoms with Crippen molar-refractivity contribution < 1.29 is 23.4 Å². The van der Waals surface area contributed by atoms with Crippen LogP contribution in [0.2, 0.25) is 5.02 Å². The van der Waals surface area contributed by atoms with Crippen LogP contribution in [-0.2, 0) is 11.4 Å². The third kappa shape index (κ3) is 5.11. The van der Waals surface area contributed by atoms with E-state index in [9.17, 15) is 13.9 Å². The molecule has 142 valence electrons. The Morgan fingerprint density at radius 1 is 1.33 bits per heavy atom. The lowest BCUT2D eigenvalue weighted by molar-refractivity contribution is -0.106. The van der Waals surface area contributed by atoms with Gasteiger partial charge in [-0.1, -0.05) is 11.6 Å². The molecule has 0 atom stereocenters. The van der Waals surface area contributed by atoms with Crippen molar-refractivity contribution in [2.24, 2.45) is 5.73 Å². The van der Waals surface area contributed by atoms with Crippen LogP contribution in [0, 0.1) is 18.6 Å². The highest BCUT2D eigenvalue weighted by atomic mass is 35.5. The third-order valence-electron chi connectivity index (χ3n) is 3.30. The minimum absolute atomic E-state index is 0.0198. The Labute approximate surface area is 162 Å². The Bertz CT molecular complexity index is 953. The summed E-state index contributed by atoms with van der Waals surface area (Å²) in [5.41, 5.74) is 4.50. The number of nitrogens with two attached hydrogens (primary N) is 1. The van der Waals surface area contributed by atoms with Crippen molar-refractivity contribution in [2.45, 2.75) is 13.5 Å². The first-order valence-corrected chi connectivity index (χ1v) is 8.56. The summed E-state index contributed by atoms with van der Waals surface area (Å²) in [6.45, 7) is 1.32. The number of aromatic hydroxyl groups is 1. The van der Waals surface area contributed by atoms with Crippen LogP contribution in [0.4, 0.5) is 8.78 Å². The van der Waals surface area contributed by atoms with Gasteiger partial charge in [-0.3, -0.25) is 4.79 Å². The number of ether oxygens (including phenoxy) is 1. The number of hydrogen-bond acceptors (Lipinski definition) is 6. The number of aromatic nitrogens is 2. The van der Waals surface area contributed by atoms with E-state index in [-0.39, 0.29) is 30.1 Å². The van der Waals surface area contributed by atoms with Crippen molar-refractivity contribution >= 4 is 29.5 Å². The van der Waals surface area contributed by atoms with Crippen LogP contribution in [0.25, 0.3) is 11.4 Å². The van der Waals surface area contributed by atoms with Crippen molar-refractivity contribution in [2.75, 3.05) is 0 Å². The van der Waals surface area contributed by atoms with Gasteiger partial charge in [0, 0.05) is 10.6 Å². The number of carbonyl (C=O) groups excluding carboxylic acids is 1. The van der Waals surface area contributed by atoms with Gasteiger partial charge >= 0.3 is 0 Å². The summed E-state index contributed by atoms with van der Waals surface area (Å²) in [7, 11) is 0. The molecule has 0 spiro atoms. The normalized spacial score (nSPS) is 10.1. The topological polar surface area (TPSA) is 98.3 Å². The maximum atomic E-state index is 13.9. The molecule has 1 amide bonds. The highest BCUT2D eigenvalue weighted by Gasteiger charge is 2.14. The molecule has 0 aliphatic carbocycles. The molecule has 0 fully saturated rings. The molecule has 3 aromatic rings. The van der Waals surface area contributed by atoms with Crippen LogP contribution in [0.3, 0.4) is 0 Å². The summed E-state index contributed by atoms with van der Waals surface area (Å²) < 4.78 is 36.6. The maximum Gasteiger partial charge on any atom is 0.204 e. The molecule has 3 N–H and O–H groups in total. The molecular formula is C17H14ClF2N3O3S. The lowest BCUT2D eigenvalue weighted by Gasteiger charge is -2.07. The molecule has 1 heterocycles. The highest BCUT2D eigenvalue weighted by molar-refractivity contribution is 7.05. The minimum atomic E-state index is -0.741. The zero-order valence-electron chi connectivity index (χ0n) is 13.9. The summed E-state index contributed by atoms with van der Waals surface area (Å²) in [5.74, 6) is -1.14. The maximum absolute atomic E-state index is 13.9. The number of carbonyl (C=O) groups is 1. The van der Waals surface area contributed by atoms with Crippen LogP contribution in [0.15, 0.2) is 30.3 Å². The van der Waals surface area contributed by atoms with Gasteiger partial charge in [0.15, 0.2) is 22.4 Å². The fraction of sp³-hybridized carbons (Fsp3) is 0.118. The summed E-state index contributed by atoms with van der Waals surface area (Å²) in [5, 5.41) is 10.8. The van der Waals surface area contributed by atoms with Crippen LogP contribution < -0.4 is 10.5 Å². The summed E-state index contributed by atoms with van der Waals surface area (Å²) >= 11 is 6.85. The Hall–Kier alpha value is -2.78. The number of amides is 1. The van der Waals surface area contributed by atoms with Gasteiger partial charge in [0.1, 0.15) is 18.2 Å². The molecule has 1 aromatic heterocycles. The number of rotatable bonds is 4. The summed E-state index contributed by atoms with van der Waals surface area (Å²) in [6.07, 6.45) is 0.250. The highest BCUT2D eigenvalue weighted by Crippen LogP contribution is 2.30. The van der Waals surface area contributed by atoms with Crippen molar-refractivity contribution in [3.05, 3.63) is 57.6 Å². The van der Waals surface area contributed by atoms with Crippen LogP contribution in [-0.4, -0.2) is 20.9 Å². The minimum Gasteiger partial charge on any atom is -0.507 e. The molecule has 2 aromatic carbocycles. The Morgan fingerprint density at radius 2 is 2.04 bits per heavy atom. The largest absolute Gasteiger partial charge is 0.507 e. The Balaban J connectivity index is 0.000000817. The second-order valence-corrected chi connectivity index (χ2v) is 6.36. The monoisotopic (exact) mass is 413 g/mol. The molecule has 0 unspecified atom stereocenters. The van der Waals surface area contributed by atoms with E-state index in [1.165, 1.54) is 19.1 Å². The molecule has 3 rings (SSSR count). The van der Waals surface area contributed by atoms with E-state index in [0.29, 0.717) is 21.4 Å². The van der Waals surface area contributed by atoms with Gasteiger partial charge in [-0.25, -0.2) is 13.8 Å². The second kappa shape index (κ2) is 9.24. The van der Waals surface area contributed by atoms with E-state index in [0.717, 1.165) is 17.6 Å². The van der Waals surface area contributed by atoms with E-state index >= 15 is 0 Å². The van der Waals surface area contributed by atoms with Gasteiger partial charge in [-0.2, -0.15) is 4.37 Å². The molecule has 27 heavy (non-hydrogen) atoms. The van der Waals surface area contributed by atoms with Crippen LogP contribution in [0.1, 0.15) is 10.6 Å². The average molecular weight is 414 g/mol. The molecule has 0 saturated carbocycles. The standard InChI is InChI=1S/C16H11ClF2N2O2S.CH3NO/c1-8-11(18)4-5-13(15(8)19)23-7-14-20-16(21-24-14)10-3-2-9(17)6-12(10)22;2-1-3/h2-6,22H,7H2,1H3;1H,(H2,2,3). The summed E-state index contributed by atoms with van der Waals surface area (Å²) in [4.78, 5) is 12.8. The van der Waals surface area contributed by atoms with Gasteiger partial charge in [0.2, 0.25) is 6.41 Å². The second-order valence-electron chi connectivity index (χ2n) is 5.08. The number of primary amides is 1. The van der Waals surface area contributed by atoms with Gasteiger partial charge < -0.3 is 15.6 Å². The Morgan fingerprint density at radius 3 is 2.70 bits per heavy atom. The molecule has 6 nitrogen and oxygen atoms in total. The molecule has 0 bridgehead atoms. The molecule has 0 aliphatic rings. The van der Waals surface area contributed by atoms with Gasteiger partial charge in [-0.15, -0.1) is 0 Å². The lowest BCUT2D eigenvalue weighted by Crippen LogP contribution is -1.99. The fourth-order valence-electron chi connectivity index (χ4n) is 2.00. The molecule has 0 radical (unpaired) electrons. The Kier molecular flexibility index (Phi) is 7.03. The lowest BCUT2D eigenvalue weighted by atomic mass is 10.2. The number of phenolic OH excluding ortho intramolecular Hbond substituents is 1. The number of hydrogen-bond donors (Lipinski definition) is 2. The quantitative estimate of drug-likeness (QED) is 0.633. The van der Waals surface area contributed by atoms with E-state index in [1.807, 2.05) is 0 Å². The predicted octanol–water partition coefficient (Wildman–Crippen LogP) is 3.83. The third-order valence-corrected chi connectivity index (χ3v) is 4.22. The molecule has 0 aliphatic heterocycles. The molecule has 0 saturated heterocycles. The summed E-state index contributed by atoms with van der Waals surface area (Å²) in [6, 6.07) is 6.98. The first kappa shape index (κ1) is 20.5. The van der Waals surface area contributed by atoms with E-state index < -0.39 is 11.6 Å². The van der Waals surface area contributed by atoms with Gasteiger partial charge in [0.25, 0.3) is 0 Å². The fourth-order valence-corrected chi connectivity index (χ4v) is 2.74. The van der Waals surface area contributed by atoms with Crippen LogP contribution in [0.5, 0.6) is 11.5 Å². The zero-order valence-corrected chi connectivity index (χ0v) is 15.5. The van der Waals surface area contributed by atoms with Crippen molar-refractivity contribution in [3.63, 3.8) is 0 Å². The average Bonchev–Trinajstić information content (AvgIpc) is 3.08. The number of halogens is 3. The molecular weight excluding hydrogens is 400 g/mol. The predicted molar refractivity (Wildman–Crippen MR) is 97.7 cm³/mol. The number of nitrogens with zero attached hydrogens (tertiary/aromatic N) is 2. The smallest absolute Gasteiger partial charge is 0.204 e. The first-order valence-electron chi connectivity index (χ1n) is 7.41.